The van der Waals surface area contributed by atoms with Crippen LogP contribution in [0.4, 0.5) is 5.13 Å². The summed E-state index contributed by atoms with van der Waals surface area (Å²) in [6.07, 6.45) is 3.72. The van der Waals surface area contributed by atoms with Crippen LogP contribution < -0.4 is 9.64 Å². The van der Waals surface area contributed by atoms with Crippen molar-refractivity contribution in [2.75, 3.05) is 18.6 Å². The average Bonchev–Trinajstić information content (AvgIpc) is 3.60. The first-order chi connectivity index (χ1) is 19.7. The number of hydrogen-bond donors (Lipinski definition) is 1. The molecule has 1 unspecified atom stereocenters. The molecule has 1 N–H and O–H groups in total. The maximum atomic E-state index is 13.6. The van der Waals surface area contributed by atoms with Gasteiger partial charge in [-0.3, -0.25) is 14.5 Å². The summed E-state index contributed by atoms with van der Waals surface area (Å²) in [5, 5.41) is 11.8. The number of esters is 1. The molecule has 1 amide bonds. The molecular weight excluding hydrogens is 544 g/mol. The highest BCUT2D eigenvalue weighted by Crippen LogP contribution is 2.44. The molecule has 10 nitrogen and oxygen atoms in total. The number of aliphatic hydroxyl groups excluding tert-OH is 1. The Morgan fingerprint density at radius 2 is 1.83 bits per heavy atom. The summed E-state index contributed by atoms with van der Waals surface area (Å²) >= 11 is 0.947. The summed E-state index contributed by atoms with van der Waals surface area (Å²) in [5.74, 6) is -2.09. The summed E-state index contributed by atoms with van der Waals surface area (Å²) < 4.78 is 12.5. The predicted octanol–water partition coefficient (Wildman–Crippen LogP) is 5.31. The third kappa shape index (κ3) is 4.86. The standard InChI is InChI=1S/C30H30N4O6S/c1-6-7-15-40-20-12-10-19(11-13-20)23-21(24(35)22-18(4)33-14-8-9-16(2)27(33)32-22)25(36)28(37)34(23)30-31-17(3)26(41-30)29(38)39-5/h8-14,23,35H,6-7,15H2,1-5H3/b24-21+. The Labute approximate surface area is 240 Å². The smallest absolute Gasteiger partial charge is 0.350 e. The zero-order chi connectivity index (χ0) is 29.4. The number of ether oxygens (including phenoxy) is 2. The Morgan fingerprint density at radius 1 is 1.10 bits per heavy atom. The molecule has 4 aromatic rings. The van der Waals surface area contributed by atoms with Gasteiger partial charge in [0.2, 0.25) is 0 Å². The fourth-order valence-electron chi connectivity index (χ4n) is 4.87. The van der Waals surface area contributed by atoms with Crippen molar-refractivity contribution in [3.8, 4) is 5.75 Å². The molecule has 0 aliphatic carbocycles. The number of Topliss-reactive ketones (excluding diaryl/α,β-unsaturated/α-hetero) is 1. The maximum Gasteiger partial charge on any atom is 0.350 e. The lowest BCUT2D eigenvalue weighted by Gasteiger charge is -2.23. The average molecular weight is 575 g/mol. The zero-order valence-corrected chi connectivity index (χ0v) is 24.2. The van der Waals surface area contributed by atoms with Gasteiger partial charge in [0.1, 0.15) is 22.0 Å². The lowest BCUT2D eigenvalue weighted by atomic mass is 9.96. The van der Waals surface area contributed by atoms with E-state index in [1.165, 1.54) is 12.0 Å². The van der Waals surface area contributed by atoms with Crippen molar-refractivity contribution in [2.24, 2.45) is 0 Å². The summed E-state index contributed by atoms with van der Waals surface area (Å²) in [6, 6.07) is 9.77. The number of anilines is 1. The Kier molecular flexibility index (Phi) is 7.63. The van der Waals surface area contributed by atoms with Crippen LogP contribution in [0.5, 0.6) is 5.75 Å². The number of hydrogen-bond acceptors (Lipinski definition) is 9. The van der Waals surface area contributed by atoms with E-state index in [9.17, 15) is 19.5 Å². The largest absolute Gasteiger partial charge is 0.505 e. The summed E-state index contributed by atoms with van der Waals surface area (Å²) in [6.45, 7) is 7.96. The highest BCUT2D eigenvalue weighted by molar-refractivity contribution is 7.17. The quantitative estimate of drug-likeness (QED) is 0.0988. The molecule has 41 heavy (non-hydrogen) atoms. The number of aliphatic hydroxyl groups is 1. The minimum absolute atomic E-state index is 0.119. The van der Waals surface area contributed by atoms with Crippen molar-refractivity contribution in [3.05, 3.63) is 81.3 Å². The third-order valence-electron chi connectivity index (χ3n) is 7.08. The summed E-state index contributed by atoms with van der Waals surface area (Å²) in [5.41, 5.74) is 3.13. The van der Waals surface area contributed by atoms with Crippen molar-refractivity contribution < 1.29 is 29.0 Å². The van der Waals surface area contributed by atoms with Gasteiger partial charge in [0.15, 0.2) is 10.9 Å². The van der Waals surface area contributed by atoms with Crippen molar-refractivity contribution in [1.82, 2.24) is 14.4 Å². The fraction of sp³-hybridized carbons (Fsp3) is 0.300. The molecule has 11 heteroatoms. The van der Waals surface area contributed by atoms with Gasteiger partial charge in [0, 0.05) is 6.20 Å². The van der Waals surface area contributed by atoms with Crippen LogP contribution in [-0.2, 0) is 14.3 Å². The highest BCUT2D eigenvalue weighted by Gasteiger charge is 2.49. The van der Waals surface area contributed by atoms with E-state index in [0.717, 1.165) is 29.7 Å². The molecule has 1 aliphatic rings. The molecule has 3 aromatic heterocycles. The molecule has 1 aromatic carbocycles. The normalized spacial score (nSPS) is 16.5. The van der Waals surface area contributed by atoms with E-state index in [2.05, 4.69) is 16.9 Å². The van der Waals surface area contributed by atoms with Crippen LogP contribution in [0.15, 0.2) is 48.2 Å². The van der Waals surface area contributed by atoms with Crippen LogP contribution in [0, 0.1) is 20.8 Å². The molecular formula is C30H30N4O6S. The van der Waals surface area contributed by atoms with Crippen LogP contribution >= 0.6 is 11.3 Å². The van der Waals surface area contributed by atoms with Crippen molar-refractivity contribution >= 4 is 45.5 Å². The second-order valence-corrected chi connectivity index (χ2v) is 10.8. The monoisotopic (exact) mass is 574 g/mol. The maximum absolute atomic E-state index is 13.6. The first-order valence-corrected chi connectivity index (χ1v) is 14.0. The molecule has 1 aliphatic heterocycles. The fourth-order valence-corrected chi connectivity index (χ4v) is 5.88. The SMILES string of the molecule is CCCCOc1ccc(C2/C(=C(\O)c3nc4c(C)cccn4c3C)C(=O)C(=O)N2c2nc(C)c(C(=O)OC)s2)cc1. The number of ketones is 1. The number of unbranched alkanes of at least 4 members (excludes halogenated alkanes) is 1. The summed E-state index contributed by atoms with van der Waals surface area (Å²) in [7, 11) is 1.26. The molecule has 1 atom stereocenters. The third-order valence-corrected chi connectivity index (χ3v) is 8.21. The van der Waals surface area contributed by atoms with Gasteiger partial charge in [-0.1, -0.05) is 42.9 Å². The van der Waals surface area contributed by atoms with Gasteiger partial charge in [0.05, 0.1) is 36.7 Å². The Bertz CT molecular complexity index is 1700. The van der Waals surface area contributed by atoms with E-state index >= 15 is 0 Å². The Morgan fingerprint density at radius 3 is 2.49 bits per heavy atom. The van der Waals surface area contributed by atoms with Gasteiger partial charge in [-0.2, -0.15) is 0 Å². The molecule has 4 heterocycles. The van der Waals surface area contributed by atoms with Gasteiger partial charge in [-0.05, 0) is 56.5 Å². The molecule has 0 radical (unpaired) electrons. The van der Waals surface area contributed by atoms with Crippen LogP contribution in [-0.4, -0.2) is 50.9 Å². The number of rotatable bonds is 8. The van der Waals surface area contributed by atoms with Gasteiger partial charge in [-0.15, -0.1) is 0 Å². The topological polar surface area (TPSA) is 123 Å². The number of amides is 1. The number of carbonyl (C=O) groups is 3. The van der Waals surface area contributed by atoms with Gasteiger partial charge in [-0.25, -0.2) is 14.8 Å². The lowest BCUT2D eigenvalue weighted by Crippen LogP contribution is -2.29. The summed E-state index contributed by atoms with van der Waals surface area (Å²) in [4.78, 5) is 50.0. The number of nitrogens with zero attached hydrogens (tertiary/aromatic N) is 4. The van der Waals surface area contributed by atoms with Gasteiger partial charge >= 0.3 is 11.9 Å². The van der Waals surface area contributed by atoms with Crippen molar-refractivity contribution in [1.29, 1.82) is 0 Å². The first-order valence-electron chi connectivity index (χ1n) is 13.2. The van der Waals surface area contributed by atoms with Crippen LogP contribution in [0.1, 0.15) is 63.7 Å². The highest BCUT2D eigenvalue weighted by atomic mass is 32.1. The number of benzene rings is 1. The van der Waals surface area contributed by atoms with Gasteiger partial charge < -0.3 is 19.0 Å². The van der Waals surface area contributed by atoms with Crippen LogP contribution in [0.3, 0.4) is 0 Å². The number of aromatic nitrogens is 3. The molecule has 0 spiro atoms. The van der Waals surface area contributed by atoms with Crippen molar-refractivity contribution in [2.45, 2.75) is 46.6 Å². The Balaban J connectivity index is 1.68. The number of fused-ring (bicyclic) bond motifs is 1. The Hall–Kier alpha value is -4.51. The lowest BCUT2D eigenvalue weighted by molar-refractivity contribution is -0.132. The molecule has 212 valence electrons. The van der Waals surface area contributed by atoms with Gasteiger partial charge in [0.25, 0.3) is 5.78 Å². The molecule has 5 rings (SSSR count). The molecule has 1 fully saturated rings. The number of methoxy groups -OCH3 is 1. The number of imidazole rings is 1. The van der Waals surface area contributed by atoms with E-state index in [0.29, 0.717) is 35.0 Å². The predicted molar refractivity (Wildman–Crippen MR) is 154 cm³/mol. The first kappa shape index (κ1) is 28.0. The van der Waals surface area contributed by atoms with E-state index in [1.807, 2.05) is 29.7 Å². The minimum atomic E-state index is -1.03. The number of thiazole rings is 1. The van der Waals surface area contributed by atoms with Crippen LogP contribution in [0.25, 0.3) is 11.4 Å². The van der Waals surface area contributed by atoms with E-state index in [-0.39, 0.29) is 27.0 Å². The second kappa shape index (κ2) is 11.2. The zero-order valence-electron chi connectivity index (χ0n) is 23.4. The van der Waals surface area contributed by atoms with Crippen LogP contribution in [0.2, 0.25) is 0 Å². The number of carbonyl (C=O) groups excluding carboxylic acids is 3. The molecule has 0 saturated carbocycles. The number of pyridine rings is 1. The van der Waals surface area contributed by atoms with E-state index in [1.54, 1.807) is 38.1 Å². The second-order valence-electron chi connectivity index (χ2n) is 9.77. The van der Waals surface area contributed by atoms with Crippen molar-refractivity contribution in [3.63, 3.8) is 0 Å². The molecule has 1 saturated heterocycles. The molecule has 0 bridgehead atoms. The van der Waals surface area contributed by atoms with E-state index in [4.69, 9.17) is 9.47 Å². The minimum Gasteiger partial charge on any atom is -0.505 e. The van der Waals surface area contributed by atoms with E-state index < -0.39 is 23.7 Å². The number of aryl methyl sites for hydroxylation is 3.